The quantitative estimate of drug-likeness (QED) is 0.0122. The van der Waals surface area contributed by atoms with Crippen LogP contribution in [0.5, 0.6) is 0 Å². The molecule has 0 aromatic heterocycles. The fourth-order valence-electron chi connectivity index (χ4n) is 4.85. The number of carbonyl (C=O) groups excluding carboxylic acids is 12. The Hall–Kier alpha value is -12.6. The van der Waals surface area contributed by atoms with Gasteiger partial charge in [-0.1, -0.05) is 0 Å². The number of aliphatic carboxylic acids is 10. The largest absolute Gasteiger partial charge is 0.502 e. The van der Waals surface area contributed by atoms with Gasteiger partial charge in [0.2, 0.25) is 30.2 Å². The van der Waals surface area contributed by atoms with E-state index in [4.69, 9.17) is 56.2 Å². The summed E-state index contributed by atoms with van der Waals surface area (Å²) in [6, 6.07) is 0. The fraction of sp³-hybridized carbons (Fsp3) is 0.462. The van der Waals surface area contributed by atoms with Crippen molar-refractivity contribution in [1.29, 1.82) is 0 Å². The van der Waals surface area contributed by atoms with E-state index in [9.17, 15) is 105 Å². The first-order valence-corrected chi connectivity index (χ1v) is 26.0. The Morgan fingerprint density at radius 2 is 0.402 bits per heavy atom. The van der Waals surface area contributed by atoms with E-state index in [2.05, 4.69) is 56.8 Å². The molecule has 12 unspecified atom stereocenters. The number of carboxylic acids is 10. The maximum atomic E-state index is 12.3. The highest BCUT2D eigenvalue weighted by atomic mass is 16.6. The number of rotatable bonds is 38. The van der Waals surface area contributed by atoms with Gasteiger partial charge in [0.15, 0.2) is 48.8 Å². The van der Waals surface area contributed by atoms with Gasteiger partial charge < -0.3 is 113 Å². The number of esters is 12. The zero-order valence-electron chi connectivity index (χ0n) is 50.9. The normalized spacial score (nSPS) is 14.4. The molecule has 0 rings (SSSR count). The highest BCUT2D eigenvalue weighted by Gasteiger charge is 2.37. The minimum absolute atomic E-state index is 0.197. The molecule has 0 amide bonds. The van der Waals surface area contributed by atoms with Crippen LogP contribution in [0, 0.1) is 0 Å². The second-order valence-corrected chi connectivity index (χ2v) is 17.9. The van der Waals surface area contributed by atoms with Crippen LogP contribution in [0.4, 0.5) is 0 Å². The molecule has 0 saturated carbocycles. The first kappa shape index (κ1) is 88.6. The molecule has 97 heavy (non-hydrogen) atoms. The van der Waals surface area contributed by atoms with Crippen LogP contribution in [0.1, 0.15) is 81.1 Å². The Bertz CT molecular complexity index is 2730. The zero-order valence-corrected chi connectivity index (χ0v) is 50.9. The van der Waals surface area contributed by atoms with E-state index in [1.165, 1.54) is 0 Å². The molecule has 0 aromatic carbocycles. The van der Waals surface area contributed by atoms with Gasteiger partial charge in [-0.15, -0.1) is 0 Å². The number of aliphatic hydroxyl groups is 1. The lowest BCUT2D eigenvalue weighted by atomic mass is 10.2. The highest BCUT2D eigenvalue weighted by Crippen LogP contribution is 2.14. The Labute approximate surface area is 539 Å². The van der Waals surface area contributed by atoms with E-state index in [1.54, 1.807) is 0 Å². The number of aliphatic hydroxyl groups excluding tert-OH is 1. The minimum atomic E-state index is -2.20. The summed E-state index contributed by atoms with van der Waals surface area (Å²) in [7, 11) is 0. The molecular formula is C52H60O45. The molecule has 0 aliphatic heterocycles. The van der Waals surface area contributed by atoms with Crippen molar-refractivity contribution in [2.24, 2.45) is 0 Å². The third-order valence-electron chi connectivity index (χ3n) is 9.87. The Kier molecular flexibility index (Phi) is 40.2. The Balaban J connectivity index is -0.00000161. The van der Waals surface area contributed by atoms with Gasteiger partial charge in [-0.3, -0.25) is 19.2 Å². The van der Waals surface area contributed by atoms with E-state index in [0.29, 0.717) is 0 Å². The lowest BCUT2D eigenvalue weighted by molar-refractivity contribution is -0.179. The second kappa shape index (κ2) is 44.0. The van der Waals surface area contributed by atoms with E-state index in [1.807, 2.05) is 0 Å². The van der Waals surface area contributed by atoms with Crippen molar-refractivity contribution in [3.63, 3.8) is 0 Å². The van der Waals surface area contributed by atoms with Gasteiger partial charge in [-0.25, -0.2) is 86.3 Å². The van der Waals surface area contributed by atoms with Crippen LogP contribution in [0.2, 0.25) is 0 Å². The maximum absolute atomic E-state index is 12.3. The Morgan fingerprint density at radius 3 is 0.526 bits per heavy atom. The lowest BCUT2D eigenvalue weighted by Crippen LogP contribution is -2.37. The SMILES string of the molecule is CC(OC(=O)CC(OC(=O)/C=C\C(=O)OC(CC(=O)OC(C)C(=O)O)C(=O)OC(C)C(=O)O)C(=O)OC(C)C(=O)O)C(=O)O.CC(OC(=O)CC(OC(=O)/C=C\C(=O)OC(CC(=O)OC(C)C(=O)O)C(=O)OC(C)C(=O)O)C(=O)OC(C)C(=O)O)C(=O)O.O=C(O)/C=C(/O)C(=O)O. The number of hydrogen-bond acceptors (Lipinski definition) is 35. The minimum Gasteiger partial charge on any atom is -0.502 e. The molecule has 0 aliphatic carbocycles. The molecule has 0 fully saturated rings. The van der Waals surface area contributed by atoms with E-state index < -0.39 is 236 Å². The molecule has 12 atom stereocenters. The van der Waals surface area contributed by atoms with Crippen molar-refractivity contribution in [2.45, 2.75) is 154 Å². The molecule has 11 N–H and O–H groups in total. The van der Waals surface area contributed by atoms with Gasteiger partial charge in [0, 0.05) is 24.3 Å². The van der Waals surface area contributed by atoms with E-state index in [-0.39, 0.29) is 30.4 Å². The molecule has 45 heteroatoms. The van der Waals surface area contributed by atoms with Crippen molar-refractivity contribution >= 4 is 131 Å². The zero-order chi connectivity index (χ0) is 76.1. The van der Waals surface area contributed by atoms with E-state index >= 15 is 0 Å². The molecule has 0 aromatic rings. The topological polar surface area (TPSA) is 709 Å². The van der Waals surface area contributed by atoms with Crippen LogP contribution in [-0.4, -0.2) is 261 Å². The number of hydrogen-bond donors (Lipinski definition) is 11. The summed E-state index contributed by atoms with van der Waals surface area (Å²) in [4.78, 5) is 253. The molecule has 0 spiro atoms. The molecule has 0 radical (unpaired) electrons. The monoisotopic (exact) mass is 1400 g/mol. The molecule has 0 bridgehead atoms. The average Bonchev–Trinajstić information content (AvgIpc) is 1.66. The summed E-state index contributed by atoms with van der Waals surface area (Å²) >= 11 is 0. The predicted molar refractivity (Wildman–Crippen MR) is 288 cm³/mol. The van der Waals surface area contributed by atoms with Gasteiger partial charge in [0.1, 0.15) is 0 Å². The summed E-state index contributed by atoms with van der Waals surface area (Å²) in [5, 5.41) is 94.7. The Morgan fingerprint density at radius 1 is 0.247 bits per heavy atom. The predicted octanol–water partition coefficient (Wildman–Crippen LogP) is -3.98. The molecule has 538 valence electrons. The maximum Gasteiger partial charge on any atom is 0.371 e. The third kappa shape index (κ3) is 40.1. The summed E-state index contributed by atoms with van der Waals surface area (Å²) in [6.45, 7) is 7.48. The van der Waals surface area contributed by atoms with Gasteiger partial charge in [-0.05, 0) is 55.4 Å². The van der Waals surface area contributed by atoms with Crippen molar-refractivity contribution in [3.05, 3.63) is 36.1 Å². The van der Waals surface area contributed by atoms with Gasteiger partial charge >= 0.3 is 131 Å². The third-order valence-corrected chi connectivity index (χ3v) is 9.87. The smallest absolute Gasteiger partial charge is 0.371 e. The summed E-state index contributed by atoms with van der Waals surface area (Å²) in [5.41, 5.74) is 0. The summed E-state index contributed by atoms with van der Waals surface area (Å²) in [5.74, 6) is -35.2. The standard InChI is InChI=1S/2C24H28O20.C4H4O5/c2*1-9(19(29)30)39-17(27)7-13(23(37)41-11(3)21(33)34)43-15(25)5-6-16(26)44-14(24(38)42-12(4)22(35)36)8-18(28)40-10(2)20(31)32;5-2(4(8)9)1-3(6)7/h2*5-6,9-14H,7-8H2,1-4H3,(H,29,30)(H,31,32)(H,33,34)(H,35,36);1,5H,(H,6,7)(H,8,9)/b2*6-5-;2-1+. The van der Waals surface area contributed by atoms with Gasteiger partial charge in [0.25, 0.3) is 0 Å². The van der Waals surface area contributed by atoms with Crippen molar-refractivity contribution in [2.75, 3.05) is 0 Å². The van der Waals surface area contributed by atoms with Crippen LogP contribution in [0.15, 0.2) is 36.1 Å². The molecule has 0 aliphatic rings. The second-order valence-electron chi connectivity index (χ2n) is 17.9. The number of carboxylic acid groups (broad SMARTS) is 10. The van der Waals surface area contributed by atoms with Crippen LogP contribution >= 0.6 is 0 Å². The number of carbonyl (C=O) groups is 22. The first-order valence-electron chi connectivity index (χ1n) is 26.0. The van der Waals surface area contributed by atoms with Crippen molar-refractivity contribution < 1.29 is 218 Å². The molecular weight excluding hydrogens is 1340 g/mol. The van der Waals surface area contributed by atoms with Crippen molar-refractivity contribution in [3.8, 4) is 0 Å². The lowest BCUT2D eigenvalue weighted by Gasteiger charge is -2.18. The molecule has 0 saturated heterocycles. The van der Waals surface area contributed by atoms with Gasteiger partial charge in [0.05, 0.1) is 31.8 Å². The number of ether oxygens (including phenoxy) is 12. The summed E-state index contributed by atoms with van der Waals surface area (Å²) in [6.07, 6.45) is -26.0. The molecule has 45 nitrogen and oxygen atoms in total. The summed E-state index contributed by atoms with van der Waals surface area (Å²) < 4.78 is 54.9. The van der Waals surface area contributed by atoms with E-state index in [0.717, 1.165) is 55.4 Å². The highest BCUT2D eigenvalue weighted by molar-refractivity contribution is 5.97. The fourth-order valence-corrected chi connectivity index (χ4v) is 4.85. The van der Waals surface area contributed by atoms with Crippen LogP contribution in [0.3, 0.4) is 0 Å². The average molecular weight is 1410 g/mol. The van der Waals surface area contributed by atoms with Gasteiger partial charge in [-0.2, -0.15) is 0 Å². The first-order chi connectivity index (χ1) is 44.5. The molecule has 0 heterocycles. The van der Waals surface area contributed by atoms with Crippen LogP contribution < -0.4 is 0 Å². The van der Waals surface area contributed by atoms with Crippen LogP contribution in [-0.2, 0) is 162 Å². The van der Waals surface area contributed by atoms with Crippen LogP contribution in [0.25, 0.3) is 0 Å². The van der Waals surface area contributed by atoms with Crippen molar-refractivity contribution in [1.82, 2.24) is 0 Å².